The van der Waals surface area contributed by atoms with Crippen molar-refractivity contribution in [3.8, 4) is 5.75 Å². The molecule has 1 saturated heterocycles. The summed E-state index contributed by atoms with van der Waals surface area (Å²) in [6.45, 7) is 2.20. The third-order valence-electron chi connectivity index (χ3n) is 2.89. The van der Waals surface area contributed by atoms with Crippen molar-refractivity contribution in [2.75, 3.05) is 18.1 Å². The topological polar surface area (TPSA) is 29.5 Å². The zero-order valence-corrected chi connectivity index (χ0v) is 10.4. The predicted octanol–water partition coefficient (Wildman–Crippen LogP) is 2.67. The second kappa shape index (κ2) is 5.60. The number of hydrogen-bond donors (Lipinski definition) is 1. The van der Waals surface area contributed by atoms with Crippen LogP contribution < -0.4 is 4.74 Å². The van der Waals surface area contributed by atoms with Crippen LogP contribution in [0.1, 0.15) is 24.8 Å². The summed E-state index contributed by atoms with van der Waals surface area (Å²) in [6, 6.07) is 8.08. The van der Waals surface area contributed by atoms with Crippen molar-refractivity contribution in [1.29, 1.82) is 0 Å². The zero-order chi connectivity index (χ0) is 11.4. The molecule has 0 bridgehead atoms. The molecule has 0 aromatic heterocycles. The van der Waals surface area contributed by atoms with Gasteiger partial charge in [-0.2, -0.15) is 11.8 Å². The Morgan fingerprint density at radius 1 is 1.56 bits per heavy atom. The Labute approximate surface area is 101 Å². The van der Waals surface area contributed by atoms with E-state index in [4.69, 9.17) is 9.84 Å². The average molecular weight is 238 g/mol. The molecule has 88 valence electrons. The van der Waals surface area contributed by atoms with E-state index in [0.717, 1.165) is 23.5 Å². The van der Waals surface area contributed by atoms with Crippen LogP contribution in [0.5, 0.6) is 5.75 Å². The number of ether oxygens (including phenoxy) is 1. The van der Waals surface area contributed by atoms with Crippen LogP contribution in [0.4, 0.5) is 0 Å². The van der Waals surface area contributed by atoms with Crippen LogP contribution in [0.15, 0.2) is 24.3 Å². The highest BCUT2D eigenvalue weighted by Gasteiger charge is 2.17. The van der Waals surface area contributed by atoms with Gasteiger partial charge in [0.15, 0.2) is 0 Å². The lowest BCUT2D eigenvalue weighted by molar-refractivity contribution is 0.228. The SMILES string of the molecule is CC(CO)c1cccc(OC2CCSC2)c1. The summed E-state index contributed by atoms with van der Waals surface area (Å²) >= 11 is 1.95. The number of benzene rings is 1. The molecule has 0 aliphatic carbocycles. The van der Waals surface area contributed by atoms with Gasteiger partial charge in [-0.1, -0.05) is 19.1 Å². The van der Waals surface area contributed by atoms with Gasteiger partial charge in [0.05, 0.1) is 0 Å². The molecule has 1 heterocycles. The van der Waals surface area contributed by atoms with Crippen LogP contribution in [0.2, 0.25) is 0 Å². The molecule has 1 aliphatic heterocycles. The lowest BCUT2D eigenvalue weighted by Gasteiger charge is -2.15. The third-order valence-corrected chi connectivity index (χ3v) is 4.02. The fraction of sp³-hybridized carbons (Fsp3) is 0.538. The van der Waals surface area contributed by atoms with Gasteiger partial charge in [-0.25, -0.2) is 0 Å². The van der Waals surface area contributed by atoms with Crippen LogP contribution >= 0.6 is 11.8 Å². The molecule has 1 aromatic carbocycles. The lowest BCUT2D eigenvalue weighted by atomic mass is 10.0. The van der Waals surface area contributed by atoms with E-state index < -0.39 is 0 Å². The molecule has 1 fully saturated rings. The summed E-state index contributed by atoms with van der Waals surface area (Å²) in [6.07, 6.45) is 1.51. The average Bonchev–Trinajstić information content (AvgIpc) is 2.81. The van der Waals surface area contributed by atoms with Crippen LogP contribution in [0.25, 0.3) is 0 Å². The maximum absolute atomic E-state index is 9.12. The largest absolute Gasteiger partial charge is 0.490 e. The van der Waals surface area contributed by atoms with Gasteiger partial charge in [-0.3, -0.25) is 0 Å². The summed E-state index contributed by atoms with van der Waals surface area (Å²) in [4.78, 5) is 0. The first kappa shape index (κ1) is 11.8. The molecule has 1 aliphatic rings. The predicted molar refractivity (Wildman–Crippen MR) is 68.3 cm³/mol. The van der Waals surface area contributed by atoms with E-state index in [0.29, 0.717) is 6.10 Å². The highest BCUT2D eigenvalue weighted by atomic mass is 32.2. The van der Waals surface area contributed by atoms with Crippen molar-refractivity contribution >= 4 is 11.8 Å². The Balaban J connectivity index is 2.03. The Bertz CT molecular complexity index is 334. The molecule has 2 nitrogen and oxygen atoms in total. The van der Waals surface area contributed by atoms with Gasteiger partial charge in [0, 0.05) is 18.3 Å². The fourth-order valence-electron chi connectivity index (χ4n) is 1.80. The van der Waals surface area contributed by atoms with Gasteiger partial charge in [0.2, 0.25) is 0 Å². The second-order valence-electron chi connectivity index (χ2n) is 4.26. The number of aliphatic hydroxyl groups is 1. The van der Waals surface area contributed by atoms with Gasteiger partial charge in [0.1, 0.15) is 11.9 Å². The monoisotopic (exact) mass is 238 g/mol. The molecular weight excluding hydrogens is 220 g/mol. The normalized spacial score (nSPS) is 22.0. The summed E-state index contributed by atoms with van der Waals surface area (Å²) in [5, 5.41) is 9.12. The van der Waals surface area contributed by atoms with Gasteiger partial charge in [-0.05, 0) is 29.9 Å². The van der Waals surface area contributed by atoms with E-state index in [1.165, 1.54) is 5.75 Å². The first-order chi connectivity index (χ1) is 7.79. The minimum Gasteiger partial charge on any atom is -0.490 e. The van der Waals surface area contributed by atoms with E-state index in [-0.39, 0.29) is 12.5 Å². The third kappa shape index (κ3) is 2.92. The number of aliphatic hydroxyl groups excluding tert-OH is 1. The Hall–Kier alpha value is -0.670. The maximum Gasteiger partial charge on any atom is 0.120 e. The van der Waals surface area contributed by atoms with E-state index in [1.54, 1.807) is 0 Å². The molecule has 0 radical (unpaired) electrons. The van der Waals surface area contributed by atoms with E-state index in [9.17, 15) is 0 Å². The molecular formula is C13H18O2S. The summed E-state index contributed by atoms with van der Waals surface area (Å²) < 4.78 is 5.91. The quantitative estimate of drug-likeness (QED) is 0.874. The van der Waals surface area contributed by atoms with Gasteiger partial charge < -0.3 is 9.84 Å². The highest BCUT2D eigenvalue weighted by molar-refractivity contribution is 7.99. The standard InChI is InChI=1S/C13H18O2S/c1-10(8-14)11-3-2-4-12(7-11)15-13-5-6-16-9-13/h2-4,7,10,13-14H,5-6,8-9H2,1H3. The van der Waals surface area contributed by atoms with Gasteiger partial charge in [-0.15, -0.1) is 0 Å². The molecule has 16 heavy (non-hydrogen) atoms. The highest BCUT2D eigenvalue weighted by Crippen LogP contribution is 2.25. The molecule has 2 rings (SSSR count). The minimum atomic E-state index is 0.182. The Morgan fingerprint density at radius 2 is 2.44 bits per heavy atom. The second-order valence-corrected chi connectivity index (χ2v) is 5.41. The van der Waals surface area contributed by atoms with Crippen molar-refractivity contribution in [1.82, 2.24) is 0 Å². The van der Waals surface area contributed by atoms with Crippen molar-refractivity contribution in [3.63, 3.8) is 0 Å². The van der Waals surface area contributed by atoms with Crippen LogP contribution in [0.3, 0.4) is 0 Å². The van der Waals surface area contributed by atoms with Crippen molar-refractivity contribution in [3.05, 3.63) is 29.8 Å². The van der Waals surface area contributed by atoms with Crippen molar-refractivity contribution in [2.45, 2.75) is 25.4 Å². The number of rotatable bonds is 4. The fourth-order valence-corrected chi connectivity index (χ4v) is 2.89. The molecule has 0 spiro atoms. The van der Waals surface area contributed by atoms with Gasteiger partial charge >= 0.3 is 0 Å². The van der Waals surface area contributed by atoms with Crippen LogP contribution in [-0.2, 0) is 0 Å². The van der Waals surface area contributed by atoms with Crippen LogP contribution in [-0.4, -0.2) is 29.3 Å². The van der Waals surface area contributed by atoms with E-state index >= 15 is 0 Å². The summed E-state index contributed by atoms with van der Waals surface area (Å²) in [5.41, 5.74) is 1.14. The number of thioether (sulfide) groups is 1. The summed E-state index contributed by atoms with van der Waals surface area (Å²) in [5.74, 6) is 3.42. The zero-order valence-electron chi connectivity index (χ0n) is 9.56. The Morgan fingerprint density at radius 3 is 3.12 bits per heavy atom. The number of hydrogen-bond acceptors (Lipinski definition) is 3. The summed E-state index contributed by atoms with van der Waals surface area (Å²) in [7, 11) is 0. The van der Waals surface area contributed by atoms with E-state index in [1.807, 2.05) is 43.0 Å². The van der Waals surface area contributed by atoms with Gasteiger partial charge in [0.25, 0.3) is 0 Å². The first-order valence-corrected chi connectivity index (χ1v) is 6.90. The maximum atomic E-state index is 9.12. The smallest absolute Gasteiger partial charge is 0.120 e. The van der Waals surface area contributed by atoms with Crippen molar-refractivity contribution < 1.29 is 9.84 Å². The molecule has 3 heteroatoms. The molecule has 1 N–H and O–H groups in total. The molecule has 0 amide bonds. The van der Waals surface area contributed by atoms with Crippen molar-refractivity contribution in [2.24, 2.45) is 0 Å². The molecule has 2 atom stereocenters. The molecule has 0 saturated carbocycles. The molecule has 1 aromatic rings. The molecule has 2 unspecified atom stereocenters. The Kier molecular flexibility index (Phi) is 4.13. The van der Waals surface area contributed by atoms with E-state index in [2.05, 4.69) is 0 Å². The van der Waals surface area contributed by atoms with Crippen LogP contribution in [0, 0.1) is 0 Å². The first-order valence-electron chi connectivity index (χ1n) is 5.75. The lowest BCUT2D eigenvalue weighted by Crippen LogP contribution is -2.14. The minimum absolute atomic E-state index is 0.182.